The number of hydrogen-bond acceptors (Lipinski definition) is 5. The van der Waals surface area contributed by atoms with Crippen LogP contribution in [-0.4, -0.2) is 16.5 Å². The van der Waals surface area contributed by atoms with Gasteiger partial charge in [-0.05, 0) is 45.2 Å². The van der Waals surface area contributed by atoms with E-state index in [1.165, 1.54) is 12.1 Å². The fraction of sp³-hybridized carbons (Fsp3) is 0.350. The van der Waals surface area contributed by atoms with Gasteiger partial charge in [-0.1, -0.05) is 42.5 Å². The van der Waals surface area contributed by atoms with Crippen LogP contribution >= 0.6 is 0 Å². The topological polar surface area (TPSA) is 95.5 Å². The minimum atomic E-state index is -1.62. The number of carbonyl (C=O) groups excluding carboxylic acids is 1. The van der Waals surface area contributed by atoms with Crippen LogP contribution in [0.3, 0.4) is 0 Å². The maximum absolute atomic E-state index is 12.9. The number of benzene rings is 2. The number of aryl methyl sites for hydroxylation is 1. The third-order valence-corrected chi connectivity index (χ3v) is 4.00. The molecular formula is C20H24N2O4. The lowest BCUT2D eigenvalue weighted by atomic mass is 9.84. The van der Waals surface area contributed by atoms with Gasteiger partial charge in [-0.25, -0.2) is 4.79 Å². The molecule has 0 aromatic heterocycles. The first-order chi connectivity index (χ1) is 12.1. The van der Waals surface area contributed by atoms with E-state index in [9.17, 15) is 14.9 Å². The van der Waals surface area contributed by atoms with Crippen LogP contribution in [0.25, 0.3) is 0 Å². The number of esters is 1. The molecule has 0 radical (unpaired) electrons. The van der Waals surface area contributed by atoms with Gasteiger partial charge >= 0.3 is 5.97 Å². The molecule has 138 valence electrons. The summed E-state index contributed by atoms with van der Waals surface area (Å²) in [6.45, 7) is 5.21. The molecule has 0 saturated carbocycles. The number of ether oxygens (including phenoxy) is 1. The fourth-order valence-corrected chi connectivity index (χ4v) is 2.71. The molecule has 6 heteroatoms. The third-order valence-electron chi connectivity index (χ3n) is 4.00. The predicted octanol–water partition coefficient (Wildman–Crippen LogP) is 3.72. The molecule has 2 N–H and O–H groups in total. The van der Waals surface area contributed by atoms with E-state index < -0.39 is 22.0 Å². The molecule has 2 aromatic carbocycles. The lowest BCUT2D eigenvalue weighted by Crippen LogP contribution is -2.49. The SMILES string of the molecule is CC(C)(C)OC(=O)[C@](N)(CCc1ccccc1)c1ccccc1[N+](=O)[O-]. The lowest BCUT2D eigenvalue weighted by Gasteiger charge is -2.31. The molecule has 0 fully saturated rings. The van der Waals surface area contributed by atoms with Gasteiger partial charge in [0.25, 0.3) is 5.69 Å². The molecule has 0 aliphatic heterocycles. The summed E-state index contributed by atoms with van der Waals surface area (Å²) in [4.78, 5) is 23.8. The summed E-state index contributed by atoms with van der Waals surface area (Å²) in [7, 11) is 0. The van der Waals surface area contributed by atoms with E-state index in [2.05, 4.69) is 0 Å². The van der Waals surface area contributed by atoms with Gasteiger partial charge in [-0.2, -0.15) is 0 Å². The predicted molar refractivity (Wildman–Crippen MR) is 99.6 cm³/mol. The van der Waals surface area contributed by atoms with Gasteiger partial charge in [-0.3, -0.25) is 10.1 Å². The molecule has 0 aliphatic rings. The van der Waals surface area contributed by atoms with Gasteiger partial charge in [-0.15, -0.1) is 0 Å². The Hall–Kier alpha value is -2.73. The summed E-state index contributed by atoms with van der Waals surface area (Å²) in [5.41, 5.74) is 5.07. The second-order valence-electron chi connectivity index (χ2n) is 7.23. The summed E-state index contributed by atoms with van der Waals surface area (Å²) in [6, 6.07) is 15.6. The van der Waals surface area contributed by atoms with Crippen molar-refractivity contribution in [3.63, 3.8) is 0 Å². The number of rotatable bonds is 6. The van der Waals surface area contributed by atoms with Crippen molar-refractivity contribution < 1.29 is 14.5 Å². The molecule has 2 rings (SSSR count). The highest BCUT2D eigenvalue weighted by Crippen LogP contribution is 2.34. The lowest BCUT2D eigenvalue weighted by molar-refractivity contribution is -0.386. The second kappa shape index (κ2) is 7.66. The summed E-state index contributed by atoms with van der Waals surface area (Å²) in [5.74, 6) is -0.671. The molecule has 0 bridgehead atoms. The van der Waals surface area contributed by atoms with Crippen molar-refractivity contribution in [2.45, 2.75) is 44.8 Å². The largest absolute Gasteiger partial charge is 0.458 e. The zero-order chi connectivity index (χ0) is 19.4. The van der Waals surface area contributed by atoms with Crippen molar-refractivity contribution in [2.24, 2.45) is 5.73 Å². The zero-order valence-electron chi connectivity index (χ0n) is 15.3. The van der Waals surface area contributed by atoms with Crippen molar-refractivity contribution in [3.8, 4) is 0 Å². The van der Waals surface area contributed by atoms with E-state index in [0.717, 1.165) is 5.56 Å². The van der Waals surface area contributed by atoms with Crippen LogP contribution in [0.15, 0.2) is 54.6 Å². The number of carbonyl (C=O) groups is 1. The van der Waals surface area contributed by atoms with E-state index in [1.807, 2.05) is 30.3 Å². The maximum Gasteiger partial charge on any atom is 0.331 e. The van der Waals surface area contributed by atoms with Gasteiger partial charge in [0.2, 0.25) is 0 Å². The Morgan fingerprint density at radius 2 is 1.65 bits per heavy atom. The highest BCUT2D eigenvalue weighted by molar-refractivity contribution is 5.84. The molecular weight excluding hydrogens is 332 g/mol. The quantitative estimate of drug-likeness (QED) is 0.483. The van der Waals surface area contributed by atoms with Crippen molar-refractivity contribution in [1.29, 1.82) is 0 Å². The molecule has 6 nitrogen and oxygen atoms in total. The highest BCUT2D eigenvalue weighted by Gasteiger charge is 2.43. The van der Waals surface area contributed by atoms with E-state index in [0.29, 0.717) is 6.42 Å². The Bertz CT molecular complexity index is 784. The zero-order valence-corrected chi connectivity index (χ0v) is 15.3. The Labute approximate surface area is 153 Å². The Morgan fingerprint density at radius 3 is 2.23 bits per heavy atom. The Kier molecular flexibility index (Phi) is 5.77. The van der Waals surface area contributed by atoms with Gasteiger partial charge < -0.3 is 10.5 Å². The molecule has 0 saturated heterocycles. The molecule has 0 unspecified atom stereocenters. The first kappa shape index (κ1) is 19.6. The van der Waals surface area contributed by atoms with Crippen LogP contribution in [0.1, 0.15) is 38.3 Å². The summed E-state index contributed by atoms with van der Waals surface area (Å²) in [6.07, 6.45) is 0.680. The maximum atomic E-state index is 12.9. The van der Waals surface area contributed by atoms with Gasteiger partial charge in [0, 0.05) is 6.07 Å². The van der Waals surface area contributed by atoms with Gasteiger partial charge in [0.05, 0.1) is 10.5 Å². The van der Waals surface area contributed by atoms with E-state index >= 15 is 0 Å². The van der Waals surface area contributed by atoms with Crippen LogP contribution < -0.4 is 5.73 Å². The molecule has 2 aromatic rings. The molecule has 26 heavy (non-hydrogen) atoms. The molecule has 0 aliphatic carbocycles. The van der Waals surface area contributed by atoms with Gasteiger partial charge in [0.1, 0.15) is 11.1 Å². The first-order valence-corrected chi connectivity index (χ1v) is 8.43. The number of nitro benzene ring substituents is 1. The van der Waals surface area contributed by atoms with Crippen LogP contribution in [-0.2, 0) is 21.5 Å². The average Bonchev–Trinajstić information content (AvgIpc) is 2.59. The van der Waals surface area contributed by atoms with Crippen molar-refractivity contribution in [2.75, 3.05) is 0 Å². The summed E-state index contributed by atoms with van der Waals surface area (Å²) in [5, 5.41) is 11.4. The average molecular weight is 356 g/mol. The van der Waals surface area contributed by atoms with E-state index in [4.69, 9.17) is 10.5 Å². The second-order valence-corrected chi connectivity index (χ2v) is 7.23. The van der Waals surface area contributed by atoms with Crippen LogP contribution in [0.4, 0.5) is 5.69 Å². The van der Waals surface area contributed by atoms with Crippen LogP contribution in [0.5, 0.6) is 0 Å². The smallest absolute Gasteiger partial charge is 0.331 e. The Balaban J connectivity index is 2.44. The van der Waals surface area contributed by atoms with E-state index in [1.54, 1.807) is 32.9 Å². The van der Waals surface area contributed by atoms with Crippen molar-refractivity contribution in [1.82, 2.24) is 0 Å². The summed E-state index contributed by atoms with van der Waals surface area (Å²) >= 11 is 0. The van der Waals surface area contributed by atoms with E-state index in [-0.39, 0.29) is 17.7 Å². The minimum Gasteiger partial charge on any atom is -0.458 e. The summed E-state index contributed by atoms with van der Waals surface area (Å²) < 4.78 is 5.49. The number of nitrogens with two attached hydrogens (primary N) is 1. The monoisotopic (exact) mass is 356 g/mol. The number of hydrogen-bond donors (Lipinski definition) is 1. The van der Waals surface area contributed by atoms with Crippen LogP contribution in [0.2, 0.25) is 0 Å². The number of nitrogens with zero attached hydrogens (tertiary/aromatic N) is 1. The number of nitro groups is 1. The molecule has 0 heterocycles. The van der Waals surface area contributed by atoms with Crippen molar-refractivity contribution >= 4 is 11.7 Å². The first-order valence-electron chi connectivity index (χ1n) is 8.43. The molecule has 1 atom stereocenters. The standard InChI is InChI=1S/C20H24N2O4/c1-19(2,3)26-18(23)20(21,14-13-15-9-5-4-6-10-15)16-11-7-8-12-17(16)22(24)25/h4-12H,13-14,21H2,1-3H3/t20-/m0/s1. The minimum absolute atomic E-state index is 0.162. The highest BCUT2D eigenvalue weighted by atomic mass is 16.6. The third kappa shape index (κ3) is 4.67. The molecule has 0 spiro atoms. The molecule has 0 amide bonds. The normalized spacial score (nSPS) is 13.7. The van der Waals surface area contributed by atoms with Gasteiger partial charge in [0.15, 0.2) is 0 Å². The number of para-hydroxylation sites is 1. The fourth-order valence-electron chi connectivity index (χ4n) is 2.71. The van der Waals surface area contributed by atoms with Crippen molar-refractivity contribution in [3.05, 3.63) is 75.8 Å². The Morgan fingerprint density at radius 1 is 1.08 bits per heavy atom. The van der Waals surface area contributed by atoms with Crippen LogP contribution in [0, 0.1) is 10.1 Å².